The van der Waals surface area contributed by atoms with E-state index in [0.717, 1.165) is 44.0 Å². The van der Waals surface area contributed by atoms with Gasteiger partial charge >= 0.3 is 5.97 Å². The van der Waals surface area contributed by atoms with Crippen LogP contribution in [0.4, 0.5) is 4.39 Å². The van der Waals surface area contributed by atoms with Crippen molar-refractivity contribution < 1.29 is 13.9 Å². The number of hydrogen-bond donors (Lipinski definition) is 1. The molecule has 0 spiro atoms. The lowest BCUT2D eigenvalue weighted by Crippen LogP contribution is -2.46. The summed E-state index contributed by atoms with van der Waals surface area (Å²) in [5.41, 5.74) is 0.815. The molecule has 1 N–H and O–H groups in total. The fraction of sp³-hybridized carbons (Fsp3) is 0.529. The Labute approximate surface area is 173 Å². The molecule has 1 aromatic carbocycles. The van der Waals surface area contributed by atoms with Crippen LogP contribution in [0.1, 0.15) is 25.3 Å². The van der Waals surface area contributed by atoms with Gasteiger partial charge in [0.05, 0.1) is 24.0 Å². The molecule has 0 bridgehead atoms. The summed E-state index contributed by atoms with van der Waals surface area (Å²) < 4.78 is 18.9. The monoisotopic (exact) mass is 527 g/mol. The molecule has 0 unspecified atom stereocenters. The molecule has 1 aliphatic heterocycles. The lowest BCUT2D eigenvalue weighted by atomic mass is 9.97. The minimum atomic E-state index is -0.286. The van der Waals surface area contributed by atoms with Crippen molar-refractivity contribution in [3.05, 3.63) is 34.1 Å². The molecule has 1 heterocycles. The predicted octanol–water partition coefficient (Wildman–Crippen LogP) is 3.56. The minimum absolute atomic E-state index is 0. The lowest BCUT2D eigenvalue weighted by Gasteiger charge is -2.33. The molecule has 0 atom stereocenters. The molecule has 8 heteroatoms. The zero-order valence-corrected chi connectivity index (χ0v) is 18.3. The standard InChI is InChI=1S/C17H23BrFN3O2.HI/c1-3-20-17(21-11-12-4-5-14(18)15(19)10-12)22-8-6-13(7-9-22)16(23)24-2;/h4-5,10,13H,3,6-9,11H2,1-2H3,(H,20,21);1H. The number of halogens is 3. The van der Waals surface area contributed by atoms with Gasteiger partial charge in [0.15, 0.2) is 5.96 Å². The Morgan fingerprint density at radius 3 is 2.68 bits per heavy atom. The molecule has 140 valence electrons. The number of guanidine groups is 1. The third kappa shape index (κ3) is 6.40. The highest BCUT2D eigenvalue weighted by Gasteiger charge is 2.26. The van der Waals surface area contributed by atoms with Gasteiger partial charge in [-0.25, -0.2) is 9.38 Å². The van der Waals surface area contributed by atoms with Gasteiger partial charge in [-0.2, -0.15) is 0 Å². The van der Waals surface area contributed by atoms with E-state index in [1.54, 1.807) is 6.07 Å². The molecule has 0 aliphatic carbocycles. The molecular formula is C17H24BrFIN3O2. The second-order valence-corrected chi connectivity index (χ2v) is 6.56. The maximum Gasteiger partial charge on any atom is 0.308 e. The number of piperidine rings is 1. The summed E-state index contributed by atoms with van der Waals surface area (Å²) in [6.45, 7) is 4.67. The molecule has 0 aromatic heterocycles. The van der Waals surface area contributed by atoms with Gasteiger partial charge in [-0.15, -0.1) is 24.0 Å². The number of carbonyl (C=O) groups excluding carboxylic acids is 1. The summed E-state index contributed by atoms with van der Waals surface area (Å²) in [5, 5.41) is 3.26. The van der Waals surface area contributed by atoms with Gasteiger partial charge < -0.3 is 15.0 Å². The lowest BCUT2D eigenvalue weighted by molar-refractivity contribution is -0.146. The highest BCUT2D eigenvalue weighted by molar-refractivity contribution is 14.0. The SMILES string of the molecule is CCNC(=NCc1ccc(Br)c(F)c1)N1CCC(C(=O)OC)CC1.I. The van der Waals surface area contributed by atoms with E-state index in [1.165, 1.54) is 13.2 Å². The zero-order chi connectivity index (χ0) is 17.5. The number of nitrogens with one attached hydrogen (secondary N) is 1. The predicted molar refractivity (Wildman–Crippen MR) is 111 cm³/mol. The first-order valence-corrected chi connectivity index (χ1v) is 8.89. The first-order chi connectivity index (χ1) is 11.5. The summed E-state index contributed by atoms with van der Waals surface area (Å²) in [5.74, 6) is 0.340. The van der Waals surface area contributed by atoms with Crippen LogP contribution in [0.2, 0.25) is 0 Å². The van der Waals surface area contributed by atoms with Gasteiger partial charge in [0, 0.05) is 19.6 Å². The molecular weight excluding hydrogens is 504 g/mol. The third-order valence-corrected chi connectivity index (χ3v) is 4.70. The number of ether oxygens (including phenoxy) is 1. The number of esters is 1. The van der Waals surface area contributed by atoms with Crippen molar-refractivity contribution in [1.29, 1.82) is 0 Å². The summed E-state index contributed by atoms with van der Waals surface area (Å²) >= 11 is 3.15. The highest BCUT2D eigenvalue weighted by Crippen LogP contribution is 2.19. The number of rotatable bonds is 4. The topological polar surface area (TPSA) is 53.9 Å². The Bertz CT molecular complexity index is 608. The largest absolute Gasteiger partial charge is 0.469 e. The van der Waals surface area contributed by atoms with Crippen LogP contribution in [-0.4, -0.2) is 43.6 Å². The molecule has 0 radical (unpaired) electrons. The van der Waals surface area contributed by atoms with E-state index in [-0.39, 0.29) is 41.7 Å². The Balaban J connectivity index is 0.00000312. The van der Waals surface area contributed by atoms with Crippen LogP contribution in [0.5, 0.6) is 0 Å². The third-order valence-electron chi connectivity index (χ3n) is 4.06. The Hall–Kier alpha value is -0.900. The van der Waals surface area contributed by atoms with Crippen molar-refractivity contribution in [1.82, 2.24) is 10.2 Å². The van der Waals surface area contributed by atoms with Crippen molar-refractivity contribution in [2.75, 3.05) is 26.7 Å². The van der Waals surface area contributed by atoms with Gasteiger partial charge in [0.1, 0.15) is 5.82 Å². The summed E-state index contributed by atoms with van der Waals surface area (Å²) in [6, 6.07) is 5.03. The first kappa shape index (κ1) is 22.1. The van der Waals surface area contributed by atoms with E-state index in [9.17, 15) is 9.18 Å². The Kier molecular flexibility index (Phi) is 9.70. The molecule has 0 saturated carbocycles. The van der Waals surface area contributed by atoms with Gasteiger partial charge in [0.2, 0.25) is 0 Å². The van der Waals surface area contributed by atoms with Crippen LogP contribution in [0, 0.1) is 11.7 Å². The van der Waals surface area contributed by atoms with Crippen molar-refractivity contribution in [3.63, 3.8) is 0 Å². The van der Waals surface area contributed by atoms with E-state index in [4.69, 9.17) is 4.74 Å². The maximum atomic E-state index is 13.6. The van der Waals surface area contributed by atoms with E-state index >= 15 is 0 Å². The van der Waals surface area contributed by atoms with Gasteiger partial charge in [0.25, 0.3) is 0 Å². The van der Waals surface area contributed by atoms with Gasteiger partial charge in [-0.3, -0.25) is 4.79 Å². The number of hydrogen-bond acceptors (Lipinski definition) is 3. The molecule has 1 aliphatic rings. The van der Waals surface area contributed by atoms with Crippen LogP contribution in [0.25, 0.3) is 0 Å². The molecule has 25 heavy (non-hydrogen) atoms. The van der Waals surface area contributed by atoms with Crippen LogP contribution < -0.4 is 5.32 Å². The summed E-state index contributed by atoms with van der Waals surface area (Å²) in [7, 11) is 1.43. The van der Waals surface area contributed by atoms with E-state index < -0.39 is 0 Å². The van der Waals surface area contributed by atoms with Crippen LogP contribution in [-0.2, 0) is 16.1 Å². The average Bonchev–Trinajstić information content (AvgIpc) is 2.61. The number of carbonyl (C=O) groups is 1. The fourth-order valence-corrected chi connectivity index (χ4v) is 2.97. The number of nitrogens with zero attached hydrogens (tertiary/aromatic N) is 2. The molecule has 1 saturated heterocycles. The number of benzene rings is 1. The van der Waals surface area contributed by atoms with Crippen molar-refractivity contribution in [3.8, 4) is 0 Å². The second kappa shape index (κ2) is 10.9. The van der Waals surface area contributed by atoms with Crippen LogP contribution >= 0.6 is 39.9 Å². The maximum absolute atomic E-state index is 13.6. The van der Waals surface area contributed by atoms with Crippen molar-refractivity contribution >= 4 is 51.8 Å². The Morgan fingerprint density at radius 2 is 2.12 bits per heavy atom. The first-order valence-electron chi connectivity index (χ1n) is 8.10. The quantitative estimate of drug-likeness (QED) is 0.281. The molecule has 2 rings (SSSR count). The number of likely N-dealkylation sites (tertiary alicyclic amines) is 1. The van der Waals surface area contributed by atoms with Gasteiger partial charge in [-0.05, 0) is 53.4 Å². The van der Waals surface area contributed by atoms with Gasteiger partial charge in [-0.1, -0.05) is 6.07 Å². The van der Waals surface area contributed by atoms with Crippen molar-refractivity contribution in [2.24, 2.45) is 10.9 Å². The summed E-state index contributed by atoms with van der Waals surface area (Å²) in [4.78, 5) is 18.4. The Morgan fingerprint density at radius 1 is 1.44 bits per heavy atom. The second-order valence-electron chi connectivity index (χ2n) is 5.70. The van der Waals surface area contributed by atoms with E-state index in [0.29, 0.717) is 11.0 Å². The zero-order valence-electron chi connectivity index (χ0n) is 14.4. The van der Waals surface area contributed by atoms with Crippen molar-refractivity contribution in [2.45, 2.75) is 26.3 Å². The van der Waals surface area contributed by atoms with E-state index in [2.05, 4.69) is 31.1 Å². The average molecular weight is 528 g/mol. The highest BCUT2D eigenvalue weighted by atomic mass is 127. The number of aliphatic imine (C=N–C) groups is 1. The summed E-state index contributed by atoms with van der Waals surface area (Å²) in [6.07, 6.45) is 1.51. The van der Waals surface area contributed by atoms with Crippen LogP contribution in [0.3, 0.4) is 0 Å². The molecule has 1 aromatic rings. The number of methoxy groups -OCH3 is 1. The van der Waals surface area contributed by atoms with E-state index in [1.807, 2.05) is 13.0 Å². The minimum Gasteiger partial charge on any atom is -0.469 e. The fourth-order valence-electron chi connectivity index (χ4n) is 2.72. The molecule has 1 fully saturated rings. The smallest absolute Gasteiger partial charge is 0.308 e. The molecule has 0 amide bonds. The van der Waals surface area contributed by atoms with Crippen LogP contribution in [0.15, 0.2) is 27.7 Å². The normalized spacial score (nSPS) is 15.5. The molecule has 5 nitrogen and oxygen atoms in total.